The first-order valence-corrected chi connectivity index (χ1v) is 6.65. The van der Waals surface area contributed by atoms with Crippen molar-refractivity contribution in [2.45, 2.75) is 12.5 Å². The van der Waals surface area contributed by atoms with Crippen molar-refractivity contribution < 1.29 is 40.6 Å². The SMILES string of the molecule is COc1ncc(C(=O)Nc2ccc(OC(F)(F)F)cc2)c(C(F)(F)F)n1. The van der Waals surface area contributed by atoms with E-state index in [1.807, 2.05) is 0 Å². The third kappa shape index (κ3) is 4.97. The first-order chi connectivity index (χ1) is 12.0. The fraction of sp³-hybridized carbons (Fsp3) is 0.214. The fourth-order valence-electron chi connectivity index (χ4n) is 1.78. The van der Waals surface area contributed by atoms with Gasteiger partial charge in [0.15, 0.2) is 5.69 Å². The molecule has 0 radical (unpaired) electrons. The quantitative estimate of drug-likeness (QED) is 0.819. The number of nitrogens with zero attached hydrogens (tertiary/aromatic N) is 2. The van der Waals surface area contributed by atoms with Crippen molar-refractivity contribution in [3.8, 4) is 11.8 Å². The molecule has 1 aromatic carbocycles. The second kappa shape index (κ2) is 7.06. The summed E-state index contributed by atoms with van der Waals surface area (Å²) in [4.78, 5) is 18.6. The highest BCUT2D eigenvalue weighted by atomic mass is 19.4. The number of rotatable bonds is 4. The van der Waals surface area contributed by atoms with Gasteiger partial charge in [0.05, 0.1) is 12.7 Å². The minimum Gasteiger partial charge on any atom is -0.467 e. The van der Waals surface area contributed by atoms with E-state index in [9.17, 15) is 31.1 Å². The van der Waals surface area contributed by atoms with Gasteiger partial charge in [0, 0.05) is 11.9 Å². The van der Waals surface area contributed by atoms with Crippen LogP contribution in [0, 0.1) is 0 Å². The minimum atomic E-state index is -4.95. The van der Waals surface area contributed by atoms with Crippen LogP contribution < -0.4 is 14.8 Å². The maximum atomic E-state index is 13.0. The Hall–Kier alpha value is -3.05. The number of amides is 1. The number of aromatic nitrogens is 2. The molecule has 6 nitrogen and oxygen atoms in total. The van der Waals surface area contributed by atoms with E-state index in [1.165, 1.54) is 0 Å². The largest absolute Gasteiger partial charge is 0.573 e. The van der Waals surface area contributed by atoms with Crippen LogP contribution in [-0.4, -0.2) is 29.3 Å². The van der Waals surface area contributed by atoms with Gasteiger partial charge in [-0.25, -0.2) is 4.98 Å². The van der Waals surface area contributed by atoms with Crippen LogP contribution in [0.1, 0.15) is 16.1 Å². The summed E-state index contributed by atoms with van der Waals surface area (Å²) in [5, 5.41) is 2.10. The normalized spacial score (nSPS) is 11.8. The predicted octanol–water partition coefficient (Wildman–Crippen LogP) is 3.65. The van der Waals surface area contributed by atoms with Crippen molar-refractivity contribution in [1.82, 2.24) is 9.97 Å². The van der Waals surface area contributed by atoms with E-state index in [4.69, 9.17) is 0 Å². The van der Waals surface area contributed by atoms with Crippen LogP contribution in [0.15, 0.2) is 30.5 Å². The maximum absolute atomic E-state index is 13.0. The number of benzene rings is 1. The third-order valence-electron chi connectivity index (χ3n) is 2.81. The Bertz CT molecular complexity index is 790. The number of hydrogen-bond donors (Lipinski definition) is 1. The molecule has 2 aromatic rings. The van der Waals surface area contributed by atoms with E-state index >= 15 is 0 Å². The number of anilines is 1. The van der Waals surface area contributed by atoms with Gasteiger partial charge in [-0.3, -0.25) is 4.79 Å². The van der Waals surface area contributed by atoms with E-state index < -0.39 is 41.5 Å². The number of hydrogen-bond acceptors (Lipinski definition) is 5. The second-order valence-electron chi connectivity index (χ2n) is 4.64. The standard InChI is InChI=1S/C14H9F6N3O3/c1-25-12-21-6-9(10(23-12)13(15,16)17)11(24)22-7-2-4-8(5-3-7)26-14(18,19)20/h2-6H,1H3,(H,22,24). The molecule has 1 heterocycles. The van der Waals surface area contributed by atoms with Crippen molar-refractivity contribution >= 4 is 11.6 Å². The molecule has 0 aliphatic heterocycles. The van der Waals surface area contributed by atoms with Crippen LogP contribution in [-0.2, 0) is 6.18 Å². The third-order valence-corrected chi connectivity index (χ3v) is 2.81. The van der Waals surface area contributed by atoms with Crippen molar-refractivity contribution in [1.29, 1.82) is 0 Å². The average molecular weight is 381 g/mol. The van der Waals surface area contributed by atoms with E-state index in [1.54, 1.807) is 0 Å². The van der Waals surface area contributed by atoms with Gasteiger partial charge in [0.2, 0.25) is 0 Å². The molecule has 0 bridgehead atoms. The summed E-state index contributed by atoms with van der Waals surface area (Å²) in [5.74, 6) is -1.76. The Kier molecular flexibility index (Phi) is 5.23. The summed E-state index contributed by atoms with van der Waals surface area (Å²) in [6.07, 6.45) is -9.22. The van der Waals surface area contributed by atoms with Gasteiger partial charge in [-0.05, 0) is 24.3 Å². The first-order valence-electron chi connectivity index (χ1n) is 6.65. The first kappa shape index (κ1) is 19.3. The zero-order valence-corrected chi connectivity index (χ0v) is 12.8. The van der Waals surface area contributed by atoms with E-state index in [0.29, 0.717) is 6.20 Å². The molecule has 0 aliphatic carbocycles. The highest BCUT2D eigenvalue weighted by Gasteiger charge is 2.38. The number of halogens is 6. The lowest BCUT2D eigenvalue weighted by molar-refractivity contribution is -0.274. The second-order valence-corrected chi connectivity index (χ2v) is 4.64. The zero-order chi connectivity index (χ0) is 19.5. The lowest BCUT2D eigenvalue weighted by Crippen LogP contribution is -2.21. The summed E-state index contributed by atoms with van der Waals surface area (Å²) in [6.45, 7) is 0. The van der Waals surface area contributed by atoms with Gasteiger partial charge >= 0.3 is 18.5 Å². The van der Waals surface area contributed by atoms with E-state index in [-0.39, 0.29) is 5.69 Å². The summed E-state index contributed by atoms with van der Waals surface area (Å²) in [7, 11) is 1.06. The summed E-state index contributed by atoms with van der Waals surface area (Å²) in [6, 6.07) is 3.24. The molecule has 0 spiro atoms. The summed E-state index contributed by atoms with van der Waals surface area (Å²) in [5.41, 5.74) is -2.46. The number of carbonyl (C=O) groups excluding carboxylic acids is 1. The van der Waals surface area contributed by atoms with Crippen LogP contribution in [0.2, 0.25) is 0 Å². The summed E-state index contributed by atoms with van der Waals surface area (Å²) < 4.78 is 83.4. The van der Waals surface area contributed by atoms with Gasteiger partial charge in [-0.15, -0.1) is 13.2 Å². The summed E-state index contributed by atoms with van der Waals surface area (Å²) >= 11 is 0. The number of methoxy groups -OCH3 is 1. The molecule has 0 saturated heterocycles. The Labute approximate surface area is 141 Å². The van der Waals surface area contributed by atoms with Crippen molar-refractivity contribution in [3.63, 3.8) is 0 Å². The van der Waals surface area contributed by atoms with Gasteiger partial charge in [0.1, 0.15) is 5.75 Å². The molecule has 1 aromatic heterocycles. The molecule has 2 rings (SSSR count). The van der Waals surface area contributed by atoms with Gasteiger partial charge < -0.3 is 14.8 Å². The molecule has 26 heavy (non-hydrogen) atoms. The highest BCUT2D eigenvalue weighted by molar-refractivity contribution is 6.05. The molecule has 0 aliphatic rings. The van der Waals surface area contributed by atoms with Crippen LogP contribution in [0.5, 0.6) is 11.8 Å². The molecular weight excluding hydrogens is 372 g/mol. The lowest BCUT2D eigenvalue weighted by Gasteiger charge is -2.13. The number of alkyl halides is 6. The Balaban J connectivity index is 2.22. The van der Waals surface area contributed by atoms with E-state index in [0.717, 1.165) is 31.4 Å². The smallest absolute Gasteiger partial charge is 0.467 e. The molecule has 0 fully saturated rings. The molecule has 0 unspecified atom stereocenters. The fourth-order valence-corrected chi connectivity index (χ4v) is 1.78. The number of ether oxygens (including phenoxy) is 2. The van der Waals surface area contributed by atoms with Gasteiger partial charge in [0.25, 0.3) is 5.91 Å². The molecule has 1 N–H and O–H groups in total. The molecule has 12 heteroatoms. The molecule has 1 amide bonds. The molecular formula is C14H9F6N3O3. The topological polar surface area (TPSA) is 73.3 Å². The Morgan fingerprint density at radius 1 is 1.08 bits per heavy atom. The molecule has 0 atom stereocenters. The Morgan fingerprint density at radius 3 is 2.19 bits per heavy atom. The predicted molar refractivity (Wildman–Crippen MR) is 74.7 cm³/mol. The van der Waals surface area contributed by atoms with E-state index in [2.05, 4.69) is 24.8 Å². The maximum Gasteiger partial charge on any atom is 0.573 e. The Morgan fingerprint density at radius 2 is 1.69 bits per heavy atom. The zero-order valence-electron chi connectivity index (χ0n) is 12.8. The van der Waals surface area contributed by atoms with Crippen molar-refractivity contribution in [3.05, 3.63) is 41.7 Å². The van der Waals surface area contributed by atoms with Crippen LogP contribution in [0.25, 0.3) is 0 Å². The van der Waals surface area contributed by atoms with Gasteiger partial charge in [-0.2, -0.15) is 18.2 Å². The molecule has 0 saturated carbocycles. The van der Waals surface area contributed by atoms with Crippen LogP contribution in [0.4, 0.5) is 32.0 Å². The van der Waals surface area contributed by atoms with Crippen molar-refractivity contribution in [2.75, 3.05) is 12.4 Å². The average Bonchev–Trinajstić information content (AvgIpc) is 2.54. The lowest BCUT2D eigenvalue weighted by atomic mass is 10.2. The number of carbonyl (C=O) groups is 1. The molecule has 140 valence electrons. The van der Waals surface area contributed by atoms with Crippen LogP contribution >= 0.6 is 0 Å². The highest BCUT2D eigenvalue weighted by Crippen LogP contribution is 2.31. The number of nitrogens with one attached hydrogen (secondary N) is 1. The van der Waals surface area contributed by atoms with Crippen molar-refractivity contribution in [2.24, 2.45) is 0 Å². The van der Waals surface area contributed by atoms with Crippen LogP contribution in [0.3, 0.4) is 0 Å². The minimum absolute atomic E-state index is 0.0616. The van der Waals surface area contributed by atoms with Gasteiger partial charge in [-0.1, -0.05) is 0 Å². The monoisotopic (exact) mass is 381 g/mol.